The fourth-order valence-corrected chi connectivity index (χ4v) is 3.94. The minimum atomic E-state index is 0.0281. The fourth-order valence-electron chi connectivity index (χ4n) is 3.94. The monoisotopic (exact) mass is 372 g/mol. The normalized spacial score (nSPS) is 10.4. The molecule has 28 heavy (non-hydrogen) atoms. The van der Waals surface area contributed by atoms with E-state index >= 15 is 0 Å². The molecule has 0 radical (unpaired) electrons. The molecule has 0 aliphatic carbocycles. The second-order valence-electron chi connectivity index (χ2n) is 6.99. The molecule has 0 unspecified atom stereocenters. The van der Waals surface area contributed by atoms with E-state index in [-0.39, 0.29) is 5.41 Å². The largest absolute Gasteiger partial charge is 0.0991 e. The van der Waals surface area contributed by atoms with Crippen molar-refractivity contribution in [3.05, 3.63) is 109 Å². The molecule has 0 fully saturated rings. The van der Waals surface area contributed by atoms with E-state index in [1.54, 1.807) is 12.2 Å². The van der Waals surface area contributed by atoms with Gasteiger partial charge in [0.25, 0.3) is 0 Å². The van der Waals surface area contributed by atoms with Crippen molar-refractivity contribution in [2.24, 2.45) is 0 Å². The van der Waals surface area contributed by atoms with Gasteiger partial charge >= 0.3 is 0 Å². The number of allylic oxidation sites excluding steroid dienone is 2. The van der Waals surface area contributed by atoms with Crippen molar-refractivity contribution in [2.45, 2.75) is 51.4 Å². The summed E-state index contributed by atoms with van der Waals surface area (Å²) in [4.78, 5) is 0. The maximum absolute atomic E-state index is 4.06. The summed E-state index contributed by atoms with van der Waals surface area (Å²) in [5.41, 5.74) is 5.34. The number of hydrogen-bond donors (Lipinski definition) is 0. The van der Waals surface area contributed by atoms with Crippen molar-refractivity contribution >= 4 is 12.2 Å². The van der Waals surface area contributed by atoms with Crippen molar-refractivity contribution in [3.63, 3.8) is 0 Å². The highest BCUT2D eigenvalue weighted by atomic mass is 14.4. The molecule has 0 amide bonds. The Labute approximate surface area is 173 Å². The van der Waals surface area contributed by atoms with Gasteiger partial charge in [-0.25, -0.2) is 0 Å². The lowest BCUT2D eigenvalue weighted by Gasteiger charge is -2.38. The molecule has 0 heteroatoms. The first kappa shape index (κ1) is 23.4. The van der Waals surface area contributed by atoms with Crippen molar-refractivity contribution in [1.82, 2.24) is 0 Å². The van der Waals surface area contributed by atoms with Gasteiger partial charge in [-0.1, -0.05) is 132 Å². The van der Waals surface area contributed by atoms with E-state index in [0.29, 0.717) is 0 Å². The lowest BCUT2D eigenvalue weighted by Crippen LogP contribution is -2.29. The van der Waals surface area contributed by atoms with E-state index < -0.39 is 0 Å². The van der Waals surface area contributed by atoms with Gasteiger partial charge in [0, 0.05) is 5.41 Å². The zero-order valence-electron chi connectivity index (χ0n) is 17.8. The summed E-state index contributed by atoms with van der Waals surface area (Å²) in [6.45, 7) is 19.4. The van der Waals surface area contributed by atoms with Crippen LogP contribution >= 0.6 is 0 Å². The molecule has 0 nitrogen and oxygen atoms in total. The molecule has 0 aromatic heterocycles. The Bertz CT molecular complexity index is 706. The summed E-state index contributed by atoms with van der Waals surface area (Å²) >= 11 is 0. The van der Waals surface area contributed by atoms with Crippen molar-refractivity contribution < 1.29 is 0 Å². The summed E-state index contributed by atoms with van der Waals surface area (Å²) in [5.74, 6) is 0. The predicted molar refractivity (Wildman–Crippen MR) is 129 cm³/mol. The Balaban J connectivity index is 0.000000892. The summed E-state index contributed by atoms with van der Waals surface area (Å²) in [6, 6.07) is 17.5. The molecule has 0 aliphatic heterocycles. The first-order valence-corrected chi connectivity index (χ1v) is 10.3. The Morgan fingerprint density at radius 3 is 1.50 bits per heavy atom. The van der Waals surface area contributed by atoms with Gasteiger partial charge in [0.1, 0.15) is 0 Å². The summed E-state index contributed by atoms with van der Waals surface area (Å²) in [6.07, 6.45) is 13.2. The van der Waals surface area contributed by atoms with Crippen LogP contribution in [0.15, 0.2) is 87.0 Å². The molecule has 0 atom stereocenters. The highest BCUT2D eigenvalue weighted by molar-refractivity contribution is 5.62. The quantitative estimate of drug-likeness (QED) is 0.366. The fraction of sp³-hybridized carbons (Fsp3) is 0.286. The minimum absolute atomic E-state index is 0.0281. The Morgan fingerprint density at radius 2 is 1.14 bits per heavy atom. The van der Waals surface area contributed by atoms with Crippen LogP contribution in [0.5, 0.6) is 0 Å². The smallest absolute Gasteiger partial charge is 0.0214 e. The van der Waals surface area contributed by atoms with E-state index in [1.807, 2.05) is 12.2 Å². The maximum atomic E-state index is 4.06. The number of unbranched alkanes of at least 4 members (excludes halogenated alkanes) is 1. The highest BCUT2D eigenvalue weighted by Gasteiger charge is 2.35. The van der Waals surface area contributed by atoms with Gasteiger partial charge in [-0.05, 0) is 35.1 Å². The molecule has 0 saturated carbocycles. The molecular weight excluding hydrogens is 336 g/mol. The first-order valence-electron chi connectivity index (χ1n) is 10.3. The molecule has 2 aromatic rings. The van der Waals surface area contributed by atoms with E-state index in [0.717, 1.165) is 19.3 Å². The number of benzene rings is 2. The standard InChI is InChI=1S/C24H30.C4H6/c1-5-9-19-24(18-6-2,22-16-12-10-14-20(22)7-3)23-17-13-11-15-21(23)8-4;1-3-4-2/h7-8,10-17H,3-6,9,18-19H2,1-2H3;3-4H,1-2H2. The molecule has 0 spiro atoms. The van der Waals surface area contributed by atoms with Gasteiger partial charge in [-0.3, -0.25) is 0 Å². The van der Waals surface area contributed by atoms with Gasteiger partial charge in [-0.15, -0.1) is 0 Å². The maximum Gasteiger partial charge on any atom is 0.0214 e. The van der Waals surface area contributed by atoms with Crippen LogP contribution in [-0.2, 0) is 5.41 Å². The van der Waals surface area contributed by atoms with Crippen LogP contribution in [-0.4, -0.2) is 0 Å². The third-order valence-electron chi connectivity index (χ3n) is 5.19. The van der Waals surface area contributed by atoms with E-state index in [4.69, 9.17) is 0 Å². The summed E-state index contributed by atoms with van der Waals surface area (Å²) < 4.78 is 0. The van der Waals surface area contributed by atoms with Crippen LogP contribution in [0.25, 0.3) is 12.2 Å². The topological polar surface area (TPSA) is 0 Å². The minimum Gasteiger partial charge on any atom is -0.0991 e. The summed E-state index contributed by atoms with van der Waals surface area (Å²) in [7, 11) is 0. The molecule has 2 rings (SSSR count). The lowest BCUT2D eigenvalue weighted by atomic mass is 9.65. The highest BCUT2D eigenvalue weighted by Crippen LogP contribution is 2.44. The molecule has 148 valence electrons. The van der Waals surface area contributed by atoms with Gasteiger partial charge in [-0.2, -0.15) is 0 Å². The summed E-state index contributed by atoms with van der Waals surface area (Å²) in [5, 5.41) is 0. The molecule has 2 aromatic carbocycles. The lowest BCUT2D eigenvalue weighted by molar-refractivity contribution is 0.414. The third kappa shape index (κ3) is 5.70. The van der Waals surface area contributed by atoms with Crippen molar-refractivity contribution in [3.8, 4) is 0 Å². The molecule has 0 N–H and O–H groups in total. The van der Waals surface area contributed by atoms with Crippen LogP contribution < -0.4 is 0 Å². The van der Waals surface area contributed by atoms with Crippen molar-refractivity contribution in [2.75, 3.05) is 0 Å². The molecule has 0 heterocycles. The first-order chi connectivity index (χ1) is 13.6. The van der Waals surface area contributed by atoms with Gasteiger partial charge in [0.05, 0.1) is 0 Å². The average Bonchev–Trinajstić information content (AvgIpc) is 2.76. The van der Waals surface area contributed by atoms with Crippen LogP contribution in [0.2, 0.25) is 0 Å². The predicted octanol–water partition coefficient (Wildman–Crippen LogP) is 8.61. The third-order valence-corrected chi connectivity index (χ3v) is 5.19. The van der Waals surface area contributed by atoms with Crippen LogP contribution in [0.1, 0.15) is 68.2 Å². The Hall–Kier alpha value is -2.60. The van der Waals surface area contributed by atoms with Crippen LogP contribution in [0.4, 0.5) is 0 Å². The van der Waals surface area contributed by atoms with E-state index in [1.165, 1.54) is 35.1 Å². The molecule has 0 aliphatic rings. The van der Waals surface area contributed by atoms with E-state index in [9.17, 15) is 0 Å². The zero-order chi connectivity index (χ0) is 20.8. The Kier molecular flexibility index (Phi) is 10.7. The zero-order valence-corrected chi connectivity index (χ0v) is 17.8. The van der Waals surface area contributed by atoms with Crippen LogP contribution in [0, 0.1) is 0 Å². The second-order valence-corrected chi connectivity index (χ2v) is 6.99. The van der Waals surface area contributed by atoms with Gasteiger partial charge < -0.3 is 0 Å². The number of rotatable bonds is 10. The Morgan fingerprint density at radius 1 is 0.679 bits per heavy atom. The molecule has 0 bridgehead atoms. The average molecular weight is 373 g/mol. The number of hydrogen-bond acceptors (Lipinski definition) is 0. The van der Waals surface area contributed by atoms with Gasteiger partial charge in [0.2, 0.25) is 0 Å². The van der Waals surface area contributed by atoms with Crippen molar-refractivity contribution in [1.29, 1.82) is 0 Å². The van der Waals surface area contributed by atoms with Crippen LogP contribution in [0.3, 0.4) is 0 Å². The van der Waals surface area contributed by atoms with Gasteiger partial charge in [0.15, 0.2) is 0 Å². The molecule has 0 saturated heterocycles. The SMILES string of the molecule is C=CC=C.C=Cc1ccccc1C(CCC)(CCCC)c1ccccc1C=C. The second kappa shape index (κ2) is 12.7. The molecular formula is C28H36. The van der Waals surface area contributed by atoms with E-state index in [2.05, 4.69) is 88.7 Å².